The molecule has 1 aromatic heterocycles. The third-order valence-corrected chi connectivity index (χ3v) is 6.81. The summed E-state index contributed by atoms with van der Waals surface area (Å²) >= 11 is 0. The maximum atomic E-state index is 13.2. The third kappa shape index (κ3) is 3.81. The summed E-state index contributed by atoms with van der Waals surface area (Å²) < 4.78 is 8.35. The maximum absolute atomic E-state index is 13.2. The van der Waals surface area contributed by atoms with Gasteiger partial charge in [-0.1, -0.05) is 23.4 Å². The van der Waals surface area contributed by atoms with Crippen molar-refractivity contribution in [1.82, 2.24) is 25.6 Å². The van der Waals surface area contributed by atoms with Crippen LogP contribution in [0.1, 0.15) is 78.8 Å². The van der Waals surface area contributed by atoms with E-state index in [1.165, 1.54) is 12.8 Å². The van der Waals surface area contributed by atoms with E-state index in [1.807, 2.05) is 29.8 Å². The molecule has 1 spiro atoms. The van der Waals surface area contributed by atoms with E-state index in [9.17, 15) is 4.79 Å². The molecule has 1 atom stereocenters. The normalized spacial score (nSPS) is 22.8. The van der Waals surface area contributed by atoms with E-state index >= 15 is 0 Å². The van der Waals surface area contributed by atoms with Gasteiger partial charge in [-0.25, -0.2) is 4.68 Å². The molecule has 1 unspecified atom stereocenters. The number of para-hydroxylation sites is 1. The van der Waals surface area contributed by atoms with Crippen molar-refractivity contribution in [1.29, 1.82) is 0 Å². The van der Waals surface area contributed by atoms with Crippen LogP contribution >= 0.6 is 12.4 Å². The maximum Gasteiger partial charge on any atom is 0.274 e. The van der Waals surface area contributed by atoms with Gasteiger partial charge in [0, 0.05) is 12.0 Å². The molecule has 2 aromatic rings. The van der Waals surface area contributed by atoms with Gasteiger partial charge in [-0.15, -0.1) is 17.5 Å². The summed E-state index contributed by atoms with van der Waals surface area (Å²) in [6, 6.07) is 8.34. The highest BCUT2D eigenvalue weighted by Gasteiger charge is 2.43. The summed E-state index contributed by atoms with van der Waals surface area (Å²) in [7, 11) is 0. The van der Waals surface area contributed by atoms with Gasteiger partial charge in [-0.2, -0.15) is 0 Å². The van der Waals surface area contributed by atoms with Crippen molar-refractivity contribution >= 4 is 18.3 Å². The number of aromatic nitrogens is 3. The van der Waals surface area contributed by atoms with Gasteiger partial charge < -0.3 is 15.4 Å². The van der Waals surface area contributed by atoms with E-state index in [4.69, 9.17) is 4.74 Å². The summed E-state index contributed by atoms with van der Waals surface area (Å²) in [4.78, 5) is 13.2. The zero-order chi connectivity index (χ0) is 19.8. The van der Waals surface area contributed by atoms with Crippen molar-refractivity contribution in [3.05, 3.63) is 41.2 Å². The predicted octanol–water partition coefficient (Wildman–Crippen LogP) is 3.50. The molecule has 30 heavy (non-hydrogen) atoms. The standard InChI is InChI=1S/C22H29N5O2.ClH/c1-15-20(25-26-27(15)16-8-12-23-13-9-16)21(28)24-18-14-22(10-4-5-11-22)29-19-7-3-2-6-17(18)19;/h2-3,6-7,16,18,23H,4-5,8-14H2,1H3,(H,24,28);1H. The molecule has 5 rings (SSSR count). The van der Waals surface area contributed by atoms with Crippen molar-refractivity contribution in [2.45, 2.75) is 69.6 Å². The fourth-order valence-corrected chi connectivity index (χ4v) is 5.25. The number of rotatable bonds is 3. The van der Waals surface area contributed by atoms with Gasteiger partial charge in [0.15, 0.2) is 5.69 Å². The minimum absolute atomic E-state index is 0. The Morgan fingerprint density at radius 2 is 1.97 bits per heavy atom. The van der Waals surface area contributed by atoms with Gasteiger partial charge >= 0.3 is 0 Å². The van der Waals surface area contributed by atoms with E-state index < -0.39 is 0 Å². The molecular formula is C22H30ClN5O2. The van der Waals surface area contributed by atoms with E-state index in [2.05, 4.69) is 27.0 Å². The van der Waals surface area contributed by atoms with Crippen molar-refractivity contribution in [2.75, 3.05) is 13.1 Å². The first-order valence-electron chi connectivity index (χ1n) is 10.9. The van der Waals surface area contributed by atoms with Crippen LogP contribution in [0.15, 0.2) is 24.3 Å². The molecule has 3 heterocycles. The molecular weight excluding hydrogens is 402 g/mol. The van der Waals surface area contributed by atoms with Crippen molar-refractivity contribution in [3.63, 3.8) is 0 Å². The van der Waals surface area contributed by atoms with Gasteiger partial charge in [0.2, 0.25) is 0 Å². The number of piperidine rings is 1. The predicted molar refractivity (Wildman–Crippen MR) is 116 cm³/mol. The average Bonchev–Trinajstić information content (AvgIpc) is 3.35. The lowest BCUT2D eigenvalue weighted by Crippen LogP contribution is -2.43. The highest BCUT2D eigenvalue weighted by molar-refractivity contribution is 5.93. The quantitative estimate of drug-likeness (QED) is 0.777. The average molecular weight is 432 g/mol. The Morgan fingerprint density at radius 1 is 1.23 bits per heavy atom. The van der Waals surface area contributed by atoms with Crippen molar-refractivity contribution in [3.8, 4) is 5.75 Å². The second-order valence-corrected chi connectivity index (χ2v) is 8.71. The Bertz CT molecular complexity index is 903. The number of nitrogens with one attached hydrogen (secondary N) is 2. The van der Waals surface area contributed by atoms with Gasteiger partial charge in [0.1, 0.15) is 11.4 Å². The van der Waals surface area contributed by atoms with Crippen molar-refractivity contribution < 1.29 is 9.53 Å². The molecule has 1 amide bonds. The van der Waals surface area contributed by atoms with Crippen LogP contribution in [0, 0.1) is 6.92 Å². The molecule has 7 nitrogen and oxygen atoms in total. The Balaban J connectivity index is 0.00000218. The third-order valence-electron chi connectivity index (χ3n) is 6.81. The lowest BCUT2D eigenvalue weighted by atomic mass is 9.86. The number of carbonyl (C=O) groups is 1. The Hall–Kier alpha value is -2.12. The van der Waals surface area contributed by atoms with E-state index in [0.29, 0.717) is 11.7 Å². The monoisotopic (exact) mass is 431 g/mol. The minimum atomic E-state index is -0.145. The SMILES string of the molecule is Cc1c(C(=O)NC2CC3(CCCC3)Oc3ccccc32)nnn1C1CCNCC1.Cl. The molecule has 0 bridgehead atoms. The van der Waals surface area contributed by atoms with E-state index in [0.717, 1.165) is 62.2 Å². The fraction of sp³-hybridized carbons (Fsp3) is 0.591. The molecule has 1 saturated heterocycles. The Labute approximate surface area is 183 Å². The molecule has 1 aliphatic carbocycles. The topological polar surface area (TPSA) is 81.1 Å². The number of nitrogens with zero attached hydrogens (tertiary/aromatic N) is 3. The second-order valence-electron chi connectivity index (χ2n) is 8.71. The fourth-order valence-electron chi connectivity index (χ4n) is 5.25. The van der Waals surface area contributed by atoms with Crippen LogP contribution in [0.5, 0.6) is 5.75 Å². The van der Waals surface area contributed by atoms with Gasteiger partial charge in [0.05, 0.1) is 17.8 Å². The number of ether oxygens (including phenoxy) is 1. The minimum Gasteiger partial charge on any atom is -0.487 e. The van der Waals surface area contributed by atoms with Crippen molar-refractivity contribution in [2.24, 2.45) is 0 Å². The summed E-state index contributed by atoms with van der Waals surface area (Å²) in [6.07, 6.45) is 7.33. The van der Waals surface area contributed by atoms with Crippen LogP contribution in [0.4, 0.5) is 0 Å². The lowest BCUT2D eigenvalue weighted by Gasteiger charge is -2.40. The molecule has 0 radical (unpaired) electrons. The molecule has 1 aromatic carbocycles. The Kier molecular flexibility index (Phi) is 6.02. The molecule has 8 heteroatoms. The molecule has 3 aliphatic rings. The largest absolute Gasteiger partial charge is 0.487 e. The second kappa shape index (κ2) is 8.55. The number of hydrogen-bond acceptors (Lipinski definition) is 5. The molecule has 162 valence electrons. The number of carbonyl (C=O) groups excluding carboxylic acids is 1. The molecule has 1 saturated carbocycles. The summed E-state index contributed by atoms with van der Waals surface area (Å²) in [5.41, 5.74) is 2.20. The highest BCUT2D eigenvalue weighted by atomic mass is 35.5. The summed E-state index contributed by atoms with van der Waals surface area (Å²) in [5.74, 6) is 0.763. The number of fused-ring (bicyclic) bond motifs is 1. The van der Waals surface area contributed by atoms with E-state index in [1.54, 1.807) is 0 Å². The van der Waals surface area contributed by atoms with Gasteiger partial charge in [0.25, 0.3) is 5.91 Å². The summed E-state index contributed by atoms with van der Waals surface area (Å²) in [6.45, 7) is 3.91. The zero-order valence-electron chi connectivity index (χ0n) is 17.4. The smallest absolute Gasteiger partial charge is 0.274 e. The van der Waals surface area contributed by atoms with E-state index in [-0.39, 0.29) is 30.0 Å². The van der Waals surface area contributed by atoms with Crippen LogP contribution in [0.2, 0.25) is 0 Å². The van der Waals surface area contributed by atoms with Gasteiger partial charge in [-0.05, 0) is 64.6 Å². The number of hydrogen-bond donors (Lipinski definition) is 2. The first-order chi connectivity index (χ1) is 14.2. The molecule has 2 aliphatic heterocycles. The summed E-state index contributed by atoms with van der Waals surface area (Å²) in [5, 5.41) is 15.2. The van der Waals surface area contributed by atoms with Crippen LogP contribution in [0.25, 0.3) is 0 Å². The zero-order valence-corrected chi connectivity index (χ0v) is 18.2. The first-order valence-corrected chi connectivity index (χ1v) is 10.9. The van der Waals surface area contributed by atoms with Crippen LogP contribution in [-0.2, 0) is 0 Å². The molecule has 2 fully saturated rings. The number of amides is 1. The van der Waals surface area contributed by atoms with Crippen LogP contribution < -0.4 is 15.4 Å². The molecule has 2 N–H and O–H groups in total. The Morgan fingerprint density at radius 3 is 2.73 bits per heavy atom. The number of benzene rings is 1. The van der Waals surface area contributed by atoms with Gasteiger partial charge in [-0.3, -0.25) is 4.79 Å². The van der Waals surface area contributed by atoms with Crippen LogP contribution in [-0.4, -0.2) is 39.6 Å². The lowest BCUT2D eigenvalue weighted by molar-refractivity contribution is 0.0360. The van der Waals surface area contributed by atoms with Crippen LogP contribution in [0.3, 0.4) is 0 Å². The number of halogens is 1. The first kappa shape index (κ1) is 21.1. The highest BCUT2D eigenvalue weighted by Crippen LogP contribution is 2.47.